The molecule has 0 radical (unpaired) electrons. The van der Waals surface area contributed by atoms with Gasteiger partial charge in [-0.2, -0.15) is 0 Å². The lowest BCUT2D eigenvalue weighted by Crippen LogP contribution is -2.37. The maximum Gasteiger partial charge on any atom is 0.0587 e. The molecule has 2 saturated heterocycles. The van der Waals surface area contributed by atoms with Crippen molar-refractivity contribution in [1.82, 2.24) is 5.32 Å². The van der Waals surface area contributed by atoms with Crippen LogP contribution in [-0.4, -0.2) is 37.5 Å². The van der Waals surface area contributed by atoms with Crippen LogP contribution in [0, 0.1) is 11.8 Å². The van der Waals surface area contributed by atoms with Gasteiger partial charge in [0.05, 0.1) is 6.61 Å². The Morgan fingerprint density at radius 2 is 2.31 bits per heavy atom. The molecule has 76 valence electrons. The molecule has 2 aliphatic rings. The van der Waals surface area contributed by atoms with Gasteiger partial charge in [-0.1, -0.05) is 0 Å². The SMILES string of the molecule is OCC1NCCC1C1CCCOC1. The Morgan fingerprint density at radius 3 is 3.00 bits per heavy atom. The number of hydrogen-bond donors (Lipinski definition) is 2. The topological polar surface area (TPSA) is 41.5 Å². The van der Waals surface area contributed by atoms with Crippen molar-refractivity contribution in [3.63, 3.8) is 0 Å². The van der Waals surface area contributed by atoms with Crippen molar-refractivity contribution in [2.45, 2.75) is 25.3 Å². The first-order valence-corrected chi connectivity index (χ1v) is 5.34. The minimum absolute atomic E-state index is 0.279. The first-order chi connectivity index (χ1) is 6.42. The molecule has 0 bridgehead atoms. The highest BCUT2D eigenvalue weighted by atomic mass is 16.5. The first kappa shape index (κ1) is 9.44. The quantitative estimate of drug-likeness (QED) is 0.653. The van der Waals surface area contributed by atoms with Gasteiger partial charge in [-0.25, -0.2) is 0 Å². The maximum atomic E-state index is 9.16. The zero-order chi connectivity index (χ0) is 9.10. The highest BCUT2D eigenvalue weighted by molar-refractivity contribution is 4.88. The van der Waals surface area contributed by atoms with Crippen molar-refractivity contribution in [1.29, 1.82) is 0 Å². The number of rotatable bonds is 2. The largest absolute Gasteiger partial charge is 0.395 e. The summed E-state index contributed by atoms with van der Waals surface area (Å²) in [5.41, 5.74) is 0. The minimum atomic E-state index is 0.279. The third-order valence-electron chi connectivity index (χ3n) is 3.40. The molecule has 0 aromatic rings. The summed E-state index contributed by atoms with van der Waals surface area (Å²) in [6.45, 7) is 3.18. The van der Waals surface area contributed by atoms with Gasteiger partial charge in [-0.15, -0.1) is 0 Å². The molecular formula is C10H19NO2. The van der Waals surface area contributed by atoms with Crippen molar-refractivity contribution < 1.29 is 9.84 Å². The Bertz CT molecular complexity index is 157. The van der Waals surface area contributed by atoms with Crippen molar-refractivity contribution in [3.8, 4) is 0 Å². The van der Waals surface area contributed by atoms with Crippen LogP contribution < -0.4 is 5.32 Å². The molecule has 0 aliphatic carbocycles. The van der Waals surface area contributed by atoms with E-state index in [0.29, 0.717) is 17.9 Å². The minimum Gasteiger partial charge on any atom is -0.395 e. The Labute approximate surface area is 79.5 Å². The number of hydrogen-bond acceptors (Lipinski definition) is 3. The number of nitrogens with one attached hydrogen (secondary N) is 1. The van der Waals surface area contributed by atoms with Crippen molar-refractivity contribution in [2.75, 3.05) is 26.4 Å². The van der Waals surface area contributed by atoms with E-state index in [9.17, 15) is 0 Å². The molecule has 3 atom stereocenters. The second-order valence-electron chi connectivity index (χ2n) is 4.17. The Morgan fingerprint density at radius 1 is 1.38 bits per heavy atom. The van der Waals surface area contributed by atoms with Crippen LogP contribution in [0.2, 0.25) is 0 Å². The molecule has 2 aliphatic heterocycles. The summed E-state index contributed by atoms with van der Waals surface area (Å²) in [5.74, 6) is 1.33. The van der Waals surface area contributed by atoms with E-state index >= 15 is 0 Å². The third kappa shape index (κ3) is 2.03. The summed E-state index contributed by atoms with van der Waals surface area (Å²) in [6, 6.07) is 0.326. The van der Waals surface area contributed by atoms with Gasteiger partial charge in [0, 0.05) is 19.3 Å². The zero-order valence-corrected chi connectivity index (χ0v) is 8.04. The van der Waals surface area contributed by atoms with Gasteiger partial charge in [0.2, 0.25) is 0 Å². The predicted octanol–water partition coefficient (Wildman–Crippen LogP) is 0.383. The average molecular weight is 185 g/mol. The second kappa shape index (κ2) is 4.40. The van der Waals surface area contributed by atoms with Crippen molar-refractivity contribution >= 4 is 0 Å². The zero-order valence-electron chi connectivity index (χ0n) is 8.04. The Hall–Kier alpha value is -0.120. The fourth-order valence-electron chi connectivity index (χ4n) is 2.66. The van der Waals surface area contributed by atoms with Gasteiger partial charge >= 0.3 is 0 Å². The van der Waals surface area contributed by atoms with Crippen LogP contribution in [0.3, 0.4) is 0 Å². The molecule has 3 nitrogen and oxygen atoms in total. The summed E-state index contributed by atoms with van der Waals surface area (Å²) >= 11 is 0. The average Bonchev–Trinajstić information content (AvgIpc) is 2.67. The monoisotopic (exact) mass is 185 g/mol. The Kier molecular flexibility index (Phi) is 3.19. The van der Waals surface area contributed by atoms with Gasteiger partial charge in [-0.3, -0.25) is 0 Å². The van der Waals surface area contributed by atoms with E-state index in [1.165, 1.54) is 19.3 Å². The molecule has 0 aromatic heterocycles. The Balaban J connectivity index is 1.90. The van der Waals surface area contributed by atoms with E-state index in [-0.39, 0.29) is 6.61 Å². The van der Waals surface area contributed by atoms with Crippen LogP contribution >= 0.6 is 0 Å². The summed E-state index contributed by atoms with van der Waals surface area (Å²) in [5, 5.41) is 12.5. The van der Waals surface area contributed by atoms with E-state index in [0.717, 1.165) is 19.8 Å². The van der Waals surface area contributed by atoms with E-state index in [2.05, 4.69) is 5.32 Å². The van der Waals surface area contributed by atoms with Crippen LogP contribution in [0.15, 0.2) is 0 Å². The molecule has 0 amide bonds. The first-order valence-electron chi connectivity index (χ1n) is 5.34. The van der Waals surface area contributed by atoms with Crippen LogP contribution in [-0.2, 0) is 4.74 Å². The lowest BCUT2D eigenvalue weighted by molar-refractivity contribution is 0.0234. The highest BCUT2D eigenvalue weighted by Gasteiger charge is 2.33. The van der Waals surface area contributed by atoms with Gasteiger partial charge in [-0.05, 0) is 37.6 Å². The fourth-order valence-corrected chi connectivity index (χ4v) is 2.66. The van der Waals surface area contributed by atoms with E-state index in [4.69, 9.17) is 9.84 Å². The highest BCUT2D eigenvalue weighted by Crippen LogP contribution is 2.30. The van der Waals surface area contributed by atoms with E-state index in [1.54, 1.807) is 0 Å². The number of aliphatic hydroxyl groups excluding tert-OH is 1. The van der Waals surface area contributed by atoms with Crippen molar-refractivity contribution in [3.05, 3.63) is 0 Å². The molecule has 3 unspecified atom stereocenters. The standard InChI is InChI=1S/C10H19NO2/c12-6-10-9(3-4-11-10)8-2-1-5-13-7-8/h8-12H,1-7H2. The summed E-state index contributed by atoms with van der Waals surface area (Å²) in [7, 11) is 0. The summed E-state index contributed by atoms with van der Waals surface area (Å²) in [6.07, 6.45) is 3.68. The summed E-state index contributed by atoms with van der Waals surface area (Å²) in [4.78, 5) is 0. The van der Waals surface area contributed by atoms with Crippen LogP contribution in [0.25, 0.3) is 0 Å². The van der Waals surface area contributed by atoms with Crippen molar-refractivity contribution in [2.24, 2.45) is 11.8 Å². The summed E-state index contributed by atoms with van der Waals surface area (Å²) < 4.78 is 5.48. The second-order valence-corrected chi connectivity index (χ2v) is 4.17. The molecule has 0 aromatic carbocycles. The normalized spacial score (nSPS) is 40.8. The molecular weight excluding hydrogens is 166 g/mol. The van der Waals surface area contributed by atoms with Crippen LogP contribution in [0.5, 0.6) is 0 Å². The molecule has 2 fully saturated rings. The lowest BCUT2D eigenvalue weighted by Gasteiger charge is -2.30. The molecule has 2 rings (SSSR count). The van der Waals surface area contributed by atoms with E-state index < -0.39 is 0 Å². The molecule has 0 spiro atoms. The van der Waals surface area contributed by atoms with Gasteiger partial charge < -0.3 is 15.2 Å². The molecule has 2 heterocycles. The third-order valence-corrected chi connectivity index (χ3v) is 3.40. The fraction of sp³-hybridized carbons (Fsp3) is 1.00. The van der Waals surface area contributed by atoms with Gasteiger partial charge in [0.25, 0.3) is 0 Å². The molecule has 0 saturated carbocycles. The maximum absolute atomic E-state index is 9.16. The van der Waals surface area contributed by atoms with E-state index in [1.807, 2.05) is 0 Å². The van der Waals surface area contributed by atoms with Crippen LogP contribution in [0.4, 0.5) is 0 Å². The lowest BCUT2D eigenvalue weighted by atomic mass is 9.83. The van der Waals surface area contributed by atoms with Gasteiger partial charge in [0.1, 0.15) is 0 Å². The number of ether oxygens (including phenoxy) is 1. The molecule has 3 heteroatoms. The molecule has 2 N–H and O–H groups in total. The smallest absolute Gasteiger partial charge is 0.0587 e. The predicted molar refractivity (Wildman–Crippen MR) is 50.5 cm³/mol. The van der Waals surface area contributed by atoms with Crippen LogP contribution in [0.1, 0.15) is 19.3 Å². The number of aliphatic hydroxyl groups is 1. The molecule has 13 heavy (non-hydrogen) atoms. The van der Waals surface area contributed by atoms with Gasteiger partial charge in [0.15, 0.2) is 0 Å².